The molecular weight excluding hydrogens is 245 g/mol. The Morgan fingerprint density at radius 2 is 1.75 bits per heavy atom. The number of hydrogen-bond donors (Lipinski definition) is 0. The zero-order valence-electron chi connectivity index (χ0n) is 8.70. The van der Waals surface area contributed by atoms with Crippen LogP contribution in [0.15, 0.2) is 0 Å². The van der Waals surface area contributed by atoms with E-state index in [0.717, 1.165) is 0 Å². The molecule has 0 atom stereocenters. The van der Waals surface area contributed by atoms with Crippen molar-refractivity contribution in [2.24, 2.45) is 0 Å². The second-order valence-electron chi connectivity index (χ2n) is 3.60. The summed E-state index contributed by atoms with van der Waals surface area (Å²) < 4.78 is 59.9. The minimum atomic E-state index is -4.28. The van der Waals surface area contributed by atoms with Crippen molar-refractivity contribution in [2.45, 2.75) is 19.0 Å². The summed E-state index contributed by atoms with van der Waals surface area (Å²) in [5.74, 6) is -0.438. The molecule has 0 aromatic rings. The zero-order chi connectivity index (χ0) is 12.2. The molecule has 1 rings (SSSR count). The lowest BCUT2D eigenvalue weighted by Gasteiger charge is -2.25. The van der Waals surface area contributed by atoms with Gasteiger partial charge < -0.3 is 0 Å². The van der Waals surface area contributed by atoms with Crippen molar-refractivity contribution in [1.82, 2.24) is 9.62 Å². The first-order chi connectivity index (χ1) is 7.31. The third-order valence-electron chi connectivity index (χ3n) is 2.27. The second kappa shape index (κ2) is 5.33. The van der Waals surface area contributed by atoms with Crippen LogP contribution in [0.3, 0.4) is 0 Å². The van der Waals surface area contributed by atoms with Crippen molar-refractivity contribution in [3.63, 3.8) is 0 Å². The average molecular weight is 259 g/mol. The van der Waals surface area contributed by atoms with Gasteiger partial charge in [-0.1, -0.05) is 0 Å². The van der Waals surface area contributed by atoms with Gasteiger partial charge in [-0.3, -0.25) is 0 Å². The summed E-state index contributed by atoms with van der Waals surface area (Å²) in [6.07, 6.45) is -5.71. The van der Waals surface area contributed by atoms with Gasteiger partial charge in [0.25, 0.3) is 0 Å². The number of piperazine rings is 1. The molecule has 0 amide bonds. The van der Waals surface area contributed by atoms with E-state index in [1.165, 1.54) is 4.31 Å². The Bertz CT molecular complexity index is 310. The van der Waals surface area contributed by atoms with Crippen LogP contribution in [-0.2, 0) is 10.0 Å². The SMILES string of the molecule is O=S(=O)(CCCC(F)(F)F)N1CC[N]CC1. The molecule has 1 saturated heterocycles. The largest absolute Gasteiger partial charge is 0.389 e. The molecule has 1 aliphatic heterocycles. The molecule has 0 saturated carbocycles. The van der Waals surface area contributed by atoms with E-state index in [0.29, 0.717) is 13.1 Å². The van der Waals surface area contributed by atoms with Crippen molar-refractivity contribution in [3.05, 3.63) is 0 Å². The monoisotopic (exact) mass is 259 g/mol. The molecule has 1 heterocycles. The molecule has 0 bridgehead atoms. The first kappa shape index (κ1) is 13.7. The van der Waals surface area contributed by atoms with Gasteiger partial charge >= 0.3 is 6.18 Å². The predicted octanol–water partition coefficient (Wildman–Crippen LogP) is 0.579. The Kier molecular flexibility index (Phi) is 4.57. The predicted molar refractivity (Wildman–Crippen MR) is 52.5 cm³/mol. The summed E-state index contributed by atoms with van der Waals surface area (Å²) >= 11 is 0. The highest BCUT2D eigenvalue weighted by Crippen LogP contribution is 2.22. The van der Waals surface area contributed by atoms with E-state index in [-0.39, 0.29) is 19.5 Å². The molecule has 0 N–H and O–H groups in total. The van der Waals surface area contributed by atoms with Gasteiger partial charge in [0, 0.05) is 32.6 Å². The van der Waals surface area contributed by atoms with Crippen LogP contribution < -0.4 is 5.32 Å². The molecule has 95 valence electrons. The summed E-state index contributed by atoms with van der Waals surface area (Å²) in [5.41, 5.74) is 0. The number of nitrogens with zero attached hydrogens (tertiary/aromatic N) is 2. The highest BCUT2D eigenvalue weighted by atomic mass is 32.2. The van der Waals surface area contributed by atoms with E-state index in [4.69, 9.17) is 0 Å². The van der Waals surface area contributed by atoms with Crippen molar-refractivity contribution >= 4 is 10.0 Å². The maximum atomic E-state index is 11.8. The van der Waals surface area contributed by atoms with Gasteiger partial charge in [0.1, 0.15) is 0 Å². The Hall–Kier alpha value is -0.340. The maximum Gasteiger partial charge on any atom is 0.389 e. The third kappa shape index (κ3) is 4.67. The molecule has 0 aromatic heterocycles. The fourth-order valence-electron chi connectivity index (χ4n) is 1.45. The third-order valence-corrected chi connectivity index (χ3v) is 4.23. The van der Waals surface area contributed by atoms with E-state index in [1.54, 1.807) is 0 Å². The van der Waals surface area contributed by atoms with Crippen LogP contribution >= 0.6 is 0 Å². The standard InChI is InChI=1S/C8H14F3N2O2S/c9-8(10,11)2-1-7-16(14,15)13-5-3-12-4-6-13/h1-7H2. The number of sulfonamides is 1. The first-order valence-electron chi connectivity index (χ1n) is 4.99. The van der Waals surface area contributed by atoms with Crippen LogP contribution in [0.4, 0.5) is 13.2 Å². The van der Waals surface area contributed by atoms with E-state index < -0.39 is 28.4 Å². The van der Waals surface area contributed by atoms with Gasteiger partial charge in [-0.2, -0.15) is 17.5 Å². The quantitative estimate of drug-likeness (QED) is 0.741. The van der Waals surface area contributed by atoms with Crippen LogP contribution in [0.25, 0.3) is 0 Å². The summed E-state index contributed by atoms with van der Waals surface area (Å²) in [4.78, 5) is 0. The summed E-state index contributed by atoms with van der Waals surface area (Å²) in [7, 11) is -3.53. The Morgan fingerprint density at radius 1 is 1.19 bits per heavy atom. The van der Waals surface area contributed by atoms with E-state index in [2.05, 4.69) is 5.32 Å². The zero-order valence-corrected chi connectivity index (χ0v) is 9.52. The van der Waals surface area contributed by atoms with Crippen LogP contribution in [0.1, 0.15) is 12.8 Å². The van der Waals surface area contributed by atoms with Crippen LogP contribution in [0.5, 0.6) is 0 Å². The van der Waals surface area contributed by atoms with Crippen molar-refractivity contribution in [3.8, 4) is 0 Å². The molecule has 1 fully saturated rings. The molecule has 0 aliphatic carbocycles. The molecule has 8 heteroatoms. The second-order valence-corrected chi connectivity index (χ2v) is 5.69. The van der Waals surface area contributed by atoms with E-state index >= 15 is 0 Å². The van der Waals surface area contributed by atoms with Gasteiger partial charge in [0.15, 0.2) is 0 Å². The highest BCUT2D eigenvalue weighted by molar-refractivity contribution is 7.89. The van der Waals surface area contributed by atoms with Crippen molar-refractivity contribution in [1.29, 1.82) is 0 Å². The molecule has 1 radical (unpaired) electrons. The smallest absolute Gasteiger partial charge is 0.239 e. The lowest BCUT2D eigenvalue weighted by atomic mass is 10.3. The number of hydrogen-bond acceptors (Lipinski definition) is 2. The maximum absolute atomic E-state index is 11.8. The average Bonchev–Trinajstić information content (AvgIpc) is 2.17. The highest BCUT2D eigenvalue weighted by Gasteiger charge is 2.29. The fourth-order valence-corrected chi connectivity index (χ4v) is 2.94. The van der Waals surface area contributed by atoms with Crippen LogP contribution in [0, 0.1) is 0 Å². The Morgan fingerprint density at radius 3 is 2.25 bits per heavy atom. The normalized spacial score (nSPS) is 19.9. The van der Waals surface area contributed by atoms with Gasteiger partial charge in [0.2, 0.25) is 10.0 Å². The van der Waals surface area contributed by atoms with Crippen molar-refractivity contribution < 1.29 is 21.6 Å². The molecular formula is C8H14F3N2O2S. The van der Waals surface area contributed by atoms with Gasteiger partial charge in [-0.15, -0.1) is 0 Å². The number of alkyl halides is 3. The lowest BCUT2D eigenvalue weighted by Crippen LogP contribution is -2.44. The first-order valence-corrected chi connectivity index (χ1v) is 6.60. The van der Waals surface area contributed by atoms with E-state index in [9.17, 15) is 21.6 Å². The Balaban J connectivity index is 2.39. The molecule has 1 aliphatic rings. The van der Waals surface area contributed by atoms with Gasteiger partial charge in [-0.25, -0.2) is 13.7 Å². The lowest BCUT2D eigenvalue weighted by molar-refractivity contribution is -0.134. The molecule has 16 heavy (non-hydrogen) atoms. The topological polar surface area (TPSA) is 51.5 Å². The van der Waals surface area contributed by atoms with Gasteiger partial charge in [0.05, 0.1) is 5.75 Å². The molecule has 0 unspecified atom stereocenters. The number of rotatable bonds is 4. The molecule has 0 spiro atoms. The van der Waals surface area contributed by atoms with Crippen LogP contribution in [-0.4, -0.2) is 50.8 Å². The summed E-state index contributed by atoms with van der Waals surface area (Å²) in [5, 5.41) is 3.97. The minimum absolute atomic E-state index is 0.286. The van der Waals surface area contributed by atoms with Crippen molar-refractivity contribution in [2.75, 3.05) is 31.9 Å². The minimum Gasteiger partial charge on any atom is -0.239 e. The fraction of sp³-hybridized carbons (Fsp3) is 1.00. The summed E-state index contributed by atoms with van der Waals surface area (Å²) in [6, 6.07) is 0. The van der Waals surface area contributed by atoms with E-state index in [1.807, 2.05) is 0 Å². The molecule has 4 nitrogen and oxygen atoms in total. The molecule has 0 aromatic carbocycles. The summed E-state index contributed by atoms with van der Waals surface area (Å²) in [6.45, 7) is 1.43. The number of halogens is 3. The Labute approximate surface area is 92.9 Å². The van der Waals surface area contributed by atoms with Crippen LogP contribution in [0.2, 0.25) is 0 Å². The van der Waals surface area contributed by atoms with Gasteiger partial charge in [-0.05, 0) is 6.42 Å².